The maximum atomic E-state index is 12.9. The van der Waals surface area contributed by atoms with Crippen molar-refractivity contribution in [1.82, 2.24) is 19.4 Å². The van der Waals surface area contributed by atoms with E-state index in [9.17, 15) is 13.2 Å². The first-order valence-electron chi connectivity index (χ1n) is 7.74. The van der Waals surface area contributed by atoms with Gasteiger partial charge in [-0.2, -0.15) is 20.7 Å². The number of aromatic amines is 1. The molecule has 0 aromatic carbocycles. The summed E-state index contributed by atoms with van der Waals surface area (Å²) in [5.74, 6) is -0.0360. The largest absolute Gasteiger partial charge is 0.337 e. The second-order valence-corrected chi connectivity index (χ2v) is 8.48. The second kappa shape index (κ2) is 6.66. The normalized spacial score (nSPS) is 17.0. The summed E-state index contributed by atoms with van der Waals surface area (Å²) in [6.45, 7) is 5.04. The van der Waals surface area contributed by atoms with Crippen molar-refractivity contribution < 1.29 is 13.2 Å². The highest BCUT2D eigenvalue weighted by molar-refractivity contribution is 7.89. The van der Waals surface area contributed by atoms with Crippen LogP contribution in [0.5, 0.6) is 0 Å². The average Bonchev–Trinajstić information content (AvgIpc) is 3.10. The fourth-order valence-electron chi connectivity index (χ4n) is 2.96. The number of aryl methyl sites for hydroxylation is 2. The van der Waals surface area contributed by atoms with E-state index in [2.05, 4.69) is 10.2 Å². The molecule has 0 saturated carbocycles. The van der Waals surface area contributed by atoms with Gasteiger partial charge in [0.25, 0.3) is 5.91 Å². The van der Waals surface area contributed by atoms with E-state index in [1.165, 1.54) is 15.6 Å². The number of nitrogens with zero attached hydrogens (tertiary/aromatic N) is 3. The summed E-state index contributed by atoms with van der Waals surface area (Å²) in [6.07, 6.45) is 0.616. The summed E-state index contributed by atoms with van der Waals surface area (Å²) in [5.41, 5.74) is 1.68. The molecule has 3 rings (SSSR count). The van der Waals surface area contributed by atoms with Crippen molar-refractivity contribution in [3.63, 3.8) is 0 Å². The molecule has 3 heterocycles. The van der Waals surface area contributed by atoms with Gasteiger partial charge in [0.1, 0.15) is 4.90 Å². The van der Waals surface area contributed by atoms with Crippen molar-refractivity contribution in [1.29, 1.82) is 0 Å². The molecule has 1 fully saturated rings. The summed E-state index contributed by atoms with van der Waals surface area (Å²) < 4.78 is 27.3. The number of carbonyl (C=O) groups excluding carboxylic acids is 1. The van der Waals surface area contributed by atoms with E-state index in [1.54, 1.807) is 24.8 Å². The lowest BCUT2D eigenvalue weighted by molar-refractivity contribution is 0.0765. The highest BCUT2D eigenvalue weighted by Gasteiger charge is 2.32. The minimum absolute atomic E-state index is 0.0360. The molecule has 0 aliphatic carbocycles. The van der Waals surface area contributed by atoms with E-state index in [0.29, 0.717) is 49.6 Å². The third-order valence-electron chi connectivity index (χ3n) is 4.17. The molecular weight excluding hydrogens is 348 g/mol. The lowest BCUT2D eigenvalue weighted by atomic mass is 10.3. The Morgan fingerprint density at radius 3 is 2.67 bits per heavy atom. The number of sulfonamides is 1. The summed E-state index contributed by atoms with van der Waals surface area (Å²) in [4.78, 5) is 14.4. The Balaban J connectivity index is 1.77. The zero-order valence-corrected chi connectivity index (χ0v) is 15.3. The van der Waals surface area contributed by atoms with E-state index in [-0.39, 0.29) is 10.8 Å². The van der Waals surface area contributed by atoms with Gasteiger partial charge in [0.15, 0.2) is 0 Å². The van der Waals surface area contributed by atoms with E-state index in [0.717, 1.165) is 0 Å². The maximum Gasteiger partial charge on any atom is 0.254 e. The van der Waals surface area contributed by atoms with Gasteiger partial charge in [0, 0.05) is 31.6 Å². The molecule has 9 heteroatoms. The number of hydrogen-bond donors (Lipinski definition) is 1. The van der Waals surface area contributed by atoms with Gasteiger partial charge in [-0.1, -0.05) is 0 Å². The smallest absolute Gasteiger partial charge is 0.254 e. The Hall–Kier alpha value is -1.71. The van der Waals surface area contributed by atoms with Crippen molar-refractivity contribution in [2.45, 2.75) is 25.2 Å². The standard InChI is InChI=1S/C15H20N4O3S2/c1-11-14(12(2)17-16-11)24(21,22)19-6-3-5-18(7-8-19)15(20)13-4-9-23-10-13/h4,9-10H,3,5-8H2,1-2H3,(H,16,17). The van der Waals surface area contributed by atoms with E-state index < -0.39 is 10.0 Å². The molecule has 7 nitrogen and oxygen atoms in total. The molecule has 0 unspecified atom stereocenters. The second-order valence-electron chi connectivity index (χ2n) is 5.83. The van der Waals surface area contributed by atoms with Gasteiger partial charge in [-0.3, -0.25) is 9.89 Å². The molecule has 1 aliphatic heterocycles. The first-order chi connectivity index (χ1) is 11.4. The first-order valence-corrected chi connectivity index (χ1v) is 10.1. The SMILES string of the molecule is Cc1n[nH]c(C)c1S(=O)(=O)N1CCCN(C(=O)c2ccsc2)CC1. The van der Waals surface area contributed by atoms with E-state index >= 15 is 0 Å². The third kappa shape index (κ3) is 3.11. The molecule has 0 radical (unpaired) electrons. The number of nitrogens with one attached hydrogen (secondary N) is 1. The number of H-pyrrole nitrogens is 1. The van der Waals surface area contributed by atoms with Crippen molar-refractivity contribution in [2.24, 2.45) is 0 Å². The summed E-state index contributed by atoms with van der Waals surface area (Å²) in [7, 11) is -3.60. The Labute approximate surface area is 145 Å². The van der Waals surface area contributed by atoms with Gasteiger partial charge in [-0.25, -0.2) is 8.42 Å². The van der Waals surface area contributed by atoms with Crippen LogP contribution >= 0.6 is 11.3 Å². The van der Waals surface area contributed by atoms with Crippen LogP contribution in [-0.4, -0.2) is 59.9 Å². The van der Waals surface area contributed by atoms with Crippen molar-refractivity contribution >= 4 is 27.3 Å². The molecule has 130 valence electrons. The van der Waals surface area contributed by atoms with Gasteiger partial charge < -0.3 is 4.90 Å². The zero-order valence-electron chi connectivity index (χ0n) is 13.7. The quantitative estimate of drug-likeness (QED) is 0.892. The van der Waals surface area contributed by atoms with Gasteiger partial charge in [-0.15, -0.1) is 0 Å². The molecule has 2 aromatic rings. The minimum atomic E-state index is -3.60. The van der Waals surface area contributed by atoms with Gasteiger partial charge in [0.2, 0.25) is 10.0 Å². The molecule has 1 N–H and O–H groups in total. The molecule has 2 aromatic heterocycles. The van der Waals surface area contributed by atoms with Crippen LogP contribution < -0.4 is 0 Å². The summed E-state index contributed by atoms with van der Waals surface area (Å²) in [5, 5.41) is 10.4. The van der Waals surface area contributed by atoms with Crippen LogP contribution in [0.2, 0.25) is 0 Å². The molecule has 0 atom stereocenters. The Bertz CT molecular complexity index is 808. The van der Waals surface area contributed by atoms with Crippen LogP contribution in [-0.2, 0) is 10.0 Å². The highest BCUT2D eigenvalue weighted by Crippen LogP contribution is 2.23. The highest BCUT2D eigenvalue weighted by atomic mass is 32.2. The number of hydrogen-bond acceptors (Lipinski definition) is 5. The van der Waals surface area contributed by atoms with Gasteiger partial charge in [-0.05, 0) is 31.7 Å². The molecule has 24 heavy (non-hydrogen) atoms. The number of amides is 1. The number of thiophene rings is 1. The molecule has 0 spiro atoms. The zero-order chi connectivity index (χ0) is 17.3. The molecule has 1 saturated heterocycles. The number of carbonyl (C=O) groups is 1. The van der Waals surface area contributed by atoms with Gasteiger partial charge in [0.05, 0.1) is 17.0 Å². The van der Waals surface area contributed by atoms with Crippen LogP contribution in [0.25, 0.3) is 0 Å². The van der Waals surface area contributed by atoms with E-state index in [1.807, 2.05) is 10.8 Å². The number of rotatable bonds is 3. The van der Waals surface area contributed by atoms with Crippen LogP contribution in [0.15, 0.2) is 21.7 Å². The fourth-order valence-corrected chi connectivity index (χ4v) is 5.39. The van der Waals surface area contributed by atoms with Crippen LogP contribution in [0.1, 0.15) is 28.2 Å². The third-order valence-corrected chi connectivity index (χ3v) is 7.01. The van der Waals surface area contributed by atoms with Gasteiger partial charge >= 0.3 is 0 Å². The van der Waals surface area contributed by atoms with Crippen LogP contribution in [0.3, 0.4) is 0 Å². The minimum Gasteiger partial charge on any atom is -0.337 e. The number of aromatic nitrogens is 2. The van der Waals surface area contributed by atoms with Crippen molar-refractivity contribution in [2.75, 3.05) is 26.2 Å². The Morgan fingerprint density at radius 2 is 2.04 bits per heavy atom. The molecule has 1 aliphatic rings. The van der Waals surface area contributed by atoms with Crippen molar-refractivity contribution in [3.05, 3.63) is 33.8 Å². The molecular formula is C15H20N4O3S2. The van der Waals surface area contributed by atoms with E-state index in [4.69, 9.17) is 0 Å². The summed E-state index contributed by atoms with van der Waals surface area (Å²) in [6, 6.07) is 1.80. The maximum absolute atomic E-state index is 12.9. The lowest BCUT2D eigenvalue weighted by Crippen LogP contribution is -2.37. The summed E-state index contributed by atoms with van der Waals surface area (Å²) >= 11 is 1.48. The molecule has 0 bridgehead atoms. The van der Waals surface area contributed by atoms with Crippen LogP contribution in [0, 0.1) is 13.8 Å². The predicted molar refractivity (Wildman–Crippen MR) is 91.7 cm³/mol. The first kappa shape index (κ1) is 17.1. The Kier molecular flexibility index (Phi) is 4.75. The van der Waals surface area contributed by atoms with Crippen molar-refractivity contribution in [3.8, 4) is 0 Å². The fraction of sp³-hybridized carbons (Fsp3) is 0.467. The van der Waals surface area contributed by atoms with Crippen LogP contribution in [0.4, 0.5) is 0 Å². The Morgan fingerprint density at radius 1 is 1.25 bits per heavy atom. The monoisotopic (exact) mass is 368 g/mol. The average molecular weight is 368 g/mol. The molecule has 1 amide bonds. The lowest BCUT2D eigenvalue weighted by Gasteiger charge is -2.21. The predicted octanol–water partition coefficient (Wildman–Crippen LogP) is 1.62. The topological polar surface area (TPSA) is 86.4 Å².